The predicted molar refractivity (Wildman–Crippen MR) is 114 cm³/mol. The quantitative estimate of drug-likeness (QED) is 0.467. The van der Waals surface area contributed by atoms with Crippen LogP contribution in [0.5, 0.6) is 0 Å². The van der Waals surface area contributed by atoms with Gasteiger partial charge in [-0.2, -0.15) is 23.3 Å². The number of hydrazine groups is 1. The zero-order valence-electron chi connectivity index (χ0n) is 17.7. The molecule has 2 aromatic carbocycles. The van der Waals surface area contributed by atoms with Gasteiger partial charge in [-0.3, -0.25) is 15.0 Å². The zero-order valence-corrected chi connectivity index (χ0v) is 17.7. The minimum Gasteiger partial charge on any atom is -0.478 e. The number of hydrogen-bond acceptors (Lipinski definition) is 5. The van der Waals surface area contributed by atoms with Crippen molar-refractivity contribution in [2.75, 3.05) is 5.01 Å². The molecule has 0 radical (unpaired) electrons. The number of hydrogen-bond donors (Lipinski definition) is 3. The molecule has 33 heavy (non-hydrogen) atoms. The summed E-state index contributed by atoms with van der Waals surface area (Å²) in [6.45, 7) is 4.79. The minimum absolute atomic E-state index is 0.0353. The molecule has 0 saturated heterocycles. The van der Waals surface area contributed by atoms with Gasteiger partial charge in [0, 0.05) is 11.3 Å². The van der Waals surface area contributed by atoms with Crippen molar-refractivity contribution in [3.63, 3.8) is 0 Å². The monoisotopic (exact) mass is 460 g/mol. The van der Waals surface area contributed by atoms with E-state index in [1.165, 1.54) is 37.3 Å². The van der Waals surface area contributed by atoms with Gasteiger partial charge in [-0.05, 0) is 68.3 Å². The van der Waals surface area contributed by atoms with Crippen LogP contribution in [0, 0.1) is 13.8 Å². The summed E-state index contributed by atoms with van der Waals surface area (Å²) in [4.78, 5) is 36.0. The predicted octanol–water partition coefficient (Wildman–Crippen LogP) is 3.48. The Bertz CT molecular complexity index is 1200. The van der Waals surface area contributed by atoms with Crippen LogP contribution in [0.1, 0.15) is 38.8 Å². The summed E-state index contributed by atoms with van der Waals surface area (Å²) in [5.74, 6) is -2.92. The van der Waals surface area contributed by atoms with Crippen LogP contribution in [0.2, 0.25) is 0 Å². The van der Waals surface area contributed by atoms with Crippen molar-refractivity contribution in [1.29, 1.82) is 0 Å². The second-order valence-electron chi connectivity index (χ2n) is 7.29. The third-order valence-electron chi connectivity index (χ3n) is 4.98. The van der Waals surface area contributed by atoms with Crippen molar-refractivity contribution >= 4 is 29.2 Å². The van der Waals surface area contributed by atoms with Crippen molar-refractivity contribution < 1.29 is 32.7 Å². The minimum atomic E-state index is -4.92. The number of amides is 2. The Morgan fingerprint density at radius 3 is 2.12 bits per heavy atom. The second-order valence-corrected chi connectivity index (χ2v) is 7.29. The lowest BCUT2D eigenvalue weighted by atomic mass is 10.1. The lowest BCUT2D eigenvalue weighted by molar-refractivity contribution is -0.114. The van der Waals surface area contributed by atoms with Crippen LogP contribution in [-0.2, 0) is 4.79 Å². The molecule has 3 N–H and O–H groups in total. The number of nitrogens with one attached hydrogen (secondary N) is 2. The molecule has 0 bridgehead atoms. The molecule has 1 aliphatic rings. The lowest BCUT2D eigenvalue weighted by Crippen LogP contribution is -2.39. The summed E-state index contributed by atoms with van der Waals surface area (Å²) in [5, 5.41) is 13.1. The van der Waals surface area contributed by atoms with Crippen LogP contribution >= 0.6 is 0 Å². The number of benzene rings is 2. The van der Waals surface area contributed by atoms with E-state index >= 15 is 0 Å². The van der Waals surface area contributed by atoms with Gasteiger partial charge in [-0.25, -0.2) is 4.79 Å². The molecule has 0 atom stereocenters. The highest BCUT2D eigenvalue weighted by atomic mass is 19.4. The Morgan fingerprint density at radius 2 is 1.58 bits per heavy atom. The number of carbonyl (C=O) groups excluding carboxylic acids is 2. The summed E-state index contributed by atoms with van der Waals surface area (Å²) < 4.78 is 40.9. The van der Waals surface area contributed by atoms with Crippen molar-refractivity contribution in [2.24, 2.45) is 5.10 Å². The Morgan fingerprint density at radius 1 is 0.970 bits per heavy atom. The van der Waals surface area contributed by atoms with Crippen LogP contribution in [0.25, 0.3) is 0 Å². The van der Waals surface area contributed by atoms with E-state index in [0.717, 1.165) is 11.1 Å². The van der Waals surface area contributed by atoms with Crippen LogP contribution in [0.4, 0.5) is 18.9 Å². The molecule has 1 aliphatic heterocycles. The first-order chi connectivity index (χ1) is 15.4. The summed E-state index contributed by atoms with van der Waals surface area (Å²) in [6.07, 6.45) is -4.92. The molecule has 2 aromatic rings. The molecule has 0 aliphatic carbocycles. The average Bonchev–Trinajstić information content (AvgIpc) is 3.11. The molecule has 0 unspecified atom stereocenters. The van der Waals surface area contributed by atoms with Crippen LogP contribution in [0.15, 0.2) is 58.8 Å². The summed E-state index contributed by atoms with van der Waals surface area (Å²) >= 11 is 0. The van der Waals surface area contributed by atoms with E-state index in [2.05, 4.69) is 16.0 Å². The van der Waals surface area contributed by atoms with Crippen molar-refractivity contribution in [3.8, 4) is 0 Å². The highest BCUT2D eigenvalue weighted by molar-refractivity contribution is 6.32. The van der Waals surface area contributed by atoms with E-state index in [1.807, 2.05) is 6.92 Å². The van der Waals surface area contributed by atoms with Gasteiger partial charge in [0.15, 0.2) is 5.71 Å². The van der Waals surface area contributed by atoms with Gasteiger partial charge in [-0.1, -0.05) is 6.07 Å². The lowest BCUT2D eigenvalue weighted by Gasteiger charge is -2.15. The molecule has 0 aromatic heterocycles. The summed E-state index contributed by atoms with van der Waals surface area (Å²) in [7, 11) is 0. The fraction of sp³-hybridized carbons (Fsp3) is 0.182. The SMILES string of the molecule is CC(NNC(=O)c1ccc(C(=O)O)cc1)=C1C(=O)N(c2ccc(C)c(C)c2)N=C1C(F)(F)F. The summed E-state index contributed by atoms with van der Waals surface area (Å²) in [6, 6.07) is 9.62. The molecule has 172 valence electrons. The normalized spacial score (nSPS) is 15.3. The van der Waals surface area contributed by atoms with E-state index in [-0.39, 0.29) is 22.5 Å². The standard InChI is InChI=1S/C22H19F3N4O4/c1-11-4-9-16(10-12(11)2)29-20(31)17(18(28-29)22(23,24)25)13(3)26-27-19(30)14-5-7-15(8-6-14)21(32)33/h4-10,26H,1-3H3,(H,27,30)(H,32,33). The maximum atomic E-state index is 13.6. The van der Waals surface area contributed by atoms with E-state index in [4.69, 9.17) is 5.11 Å². The molecular weight excluding hydrogens is 441 g/mol. The van der Waals surface area contributed by atoms with Gasteiger partial charge < -0.3 is 10.5 Å². The smallest absolute Gasteiger partial charge is 0.436 e. The number of hydrazone groups is 1. The molecule has 11 heteroatoms. The number of anilines is 1. The van der Waals surface area contributed by atoms with Gasteiger partial charge >= 0.3 is 12.1 Å². The van der Waals surface area contributed by atoms with E-state index in [9.17, 15) is 27.6 Å². The fourth-order valence-corrected chi connectivity index (χ4v) is 3.02. The molecule has 0 spiro atoms. The van der Waals surface area contributed by atoms with E-state index < -0.39 is 35.2 Å². The van der Waals surface area contributed by atoms with Crippen molar-refractivity contribution in [1.82, 2.24) is 10.9 Å². The maximum Gasteiger partial charge on any atom is 0.436 e. The zero-order chi connectivity index (χ0) is 24.5. The Labute approximate surface area is 186 Å². The first-order valence-electron chi connectivity index (χ1n) is 9.58. The number of alkyl halides is 3. The van der Waals surface area contributed by atoms with Gasteiger partial charge in [0.1, 0.15) is 0 Å². The molecule has 8 nitrogen and oxygen atoms in total. The number of halogens is 3. The van der Waals surface area contributed by atoms with Gasteiger partial charge in [0.05, 0.1) is 16.8 Å². The molecule has 1 heterocycles. The first kappa shape index (κ1) is 23.5. The van der Waals surface area contributed by atoms with Crippen LogP contribution in [0.3, 0.4) is 0 Å². The van der Waals surface area contributed by atoms with Crippen molar-refractivity contribution in [2.45, 2.75) is 26.9 Å². The topological polar surface area (TPSA) is 111 Å². The molecule has 0 fully saturated rings. The number of aryl methyl sites for hydroxylation is 2. The van der Waals surface area contributed by atoms with E-state index in [0.29, 0.717) is 5.01 Å². The Hall–Kier alpha value is -4.15. The Kier molecular flexibility index (Phi) is 6.25. The van der Waals surface area contributed by atoms with Crippen LogP contribution in [-0.4, -0.2) is 34.8 Å². The van der Waals surface area contributed by atoms with Crippen LogP contribution < -0.4 is 15.9 Å². The number of aromatic carboxylic acids is 1. The number of carboxylic acid groups (broad SMARTS) is 1. The fourth-order valence-electron chi connectivity index (χ4n) is 3.02. The van der Waals surface area contributed by atoms with Crippen molar-refractivity contribution in [3.05, 3.63) is 76.0 Å². The molecular formula is C22H19F3N4O4. The summed E-state index contributed by atoms with van der Waals surface area (Å²) in [5.41, 5.74) is 4.01. The molecule has 3 rings (SSSR count). The van der Waals surface area contributed by atoms with E-state index in [1.54, 1.807) is 19.1 Å². The highest BCUT2D eigenvalue weighted by Crippen LogP contribution is 2.33. The number of nitrogens with zero attached hydrogens (tertiary/aromatic N) is 2. The van der Waals surface area contributed by atoms with Gasteiger partial charge in [0.25, 0.3) is 11.8 Å². The average molecular weight is 460 g/mol. The first-order valence-corrected chi connectivity index (χ1v) is 9.58. The molecule has 2 amide bonds. The third kappa shape index (κ3) is 4.86. The van der Waals surface area contributed by atoms with Gasteiger partial charge in [-0.15, -0.1) is 0 Å². The second kappa shape index (κ2) is 8.77. The number of allylic oxidation sites excluding steroid dienone is 1. The molecule has 0 saturated carbocycles. The Balaban J connectivity index is 1.86. The number of rotatable bonds is 5. The largest absolute Gasteiger partial charge is 0.478 e. The number of carbonyl (C=O) groups is 3. The number of carboxylic acids is 1. The van der Waals surface area contributed by atoms with Gasteiger partial charge in [0.2, 0.25) is 0 Å². The third-order valence-corrected chi connectivity index (χ3v) is 4.98. The highest BCUT2D eigenvalue weighted by Gasteiger charge is 2.48. The maximum absolute atomic E-state index is 13.6.